The zero-order valence-corrected chi connectivity index (χ0v) is 45.4. The van der Waals surface area contributed by atoms with Gasteiger partial charge in [0.1, 0.15) is 6.61 Å². The topological polar surface area (TPSA) is 140 Å². The van der Waals surface area contributed by atoms with Crippen LogP contribution in [0.4, 0.5) is 0 Å². The molecule has 0 rings (SSSR count). The fraction of sp³-hybridized carbons (Fsp3) is 0.877. The van der Waals surface area contributed by atoms with E-state index in [9.17, 15) is 23.8 Å². The van der Waals surface area contributed by atoms with Crippen LogP contribution in [0.15, 0.2) is 24.3 Å². The number of phosphoric ester groups is 1. The van der Waals surface area contributed by atoms with Gasteiger partial charge in [-0.05, 0) is 70.6 Å². The highest BCUT2D eigenvalue weighted by atomic mass is 31.2. The van der Waals surface area contributed by atoms with E-state index in [-0.39, 0.29) is 38.5 Å². The largest absolute Gasteiger partial charge is 0.756 e. The molecule has 0 spiro atoms. The minimum atomic E-state index is -4.79. The third-order valence-electron chi connectivity index (χ3n) is 12.6. The van der Waals surface area contributed by atoms with Crippen molar-refractivity contribution in [1.82, 2.24) is 5.32 Å². The van der Waals surface area contributed by atoms with E-state index in [2.05, 4.69) is 50.4 Å². The number of carbonyl (C=O) groups is 3. The lowest BCUT2D eigenvalue weighted by Crippen LogP contribution is -2.31. The SMILES string of the molecule is CCCCCCCC/C=C\CCCCCCCC(=O)OC[C@H](COP(=O)([O-])OCCNC(=O)CCCCCCCCCCCCCCC)OC(=O)CCCCCCC/C=C\CCCCCCCC. The van der Waals surface area contributed by atoms with Gasteiger partial charge in [0.15, 0.2) is 6.10 Å². The first kappa shape index (κ1) is 66.0. The first-order valence-electron chi connectivity index (χ1n) is 28.8. The highest BCUT2D eigenvalue weighted by Crippen LogP contribution is 2.38. The van der Waals surface area contributed by atoms with Crippen molar-refractivity contribution in [2.24, 2.45) is 0 Å². The predicted molar refractivity (Wildman–Crippen MR) is 283 cm³/mol. The van der Waals surface area contributed by atoms with Crippen LogP contribution in [0.5, 0.6) is 0 Å². The van der Waals surface area contributed by atoms with Crippen LogP contribution in [0.2, 0.25) is 0 Å². The third kappa shape index (κ3) is 51.8. The summed E-state index contributed by atoms with van der Waals surface area (Å²) in [7, 11) is -4.79. The molecule has 0 saturated carbocycles. The maximum atomic E-state index is 12.8. The number of unbranched alkanes of at least 4 members (excludes halogenated alkanes) is 34. The summed E-state index contributed by atoms with van der Waals surface area (Å²) in [4.78, 5) is 50.4. The molecule has 68 heavy (non-hydrogen) atoms. The van der Waals surface area contributed by atoms with E-state index in [1.807, 2.05) is 0 Å². The number of ether oxygens (including phenoxy) is 2. The van der Waals surface area contributed by atoms with Gasteiger partial charge in [-0.2, -0.15) is 0 Å². The summed E-state index contributed by atoms with van der Waals surface area (Å²) in [5, 5.41) is 2.71. The molecule has 0 saturated heterocycles. The molecule has 0 fully saturated rings. The van der Waals surface area contributed by atoms with Gasteiger partial charge in [0.25, 0.3) is 7.82 Å². The Morgan fingerprint density at radius 2 is 0.779 bits per heavy atom. The zero-order chi connectivity index (χ0) is 49.7. The standard InChI is InChI=1S/C57H108NO9P/c1-4-7-10-13-16-19-22-25-27-30-33-36-39-42-45-48-56(60)64-52-54(67-57(61)49-46-43-40-37-34-31-28-26-23-20-17-14-11-8-5-2)53-66-68(62,63)65-51-50-58-55(59)47-44-41-38-35-32-29-24-21-18-15-12-9-6-3/h25-28,54H,4-24,29-53H2,1-3H3,(H,58,59)(H,62,63)/p-1/b27-25-,28-26-/t54-/m1/s1. The molecule has 0 aliphatic carbocycles. The van der Waals surface area contributed by atoms with Crippen molar-refractivity contribution < 1.29 is 42.4 Å². The Balaban J connectivity index is 4.53. The molecule has 11 heteroatoms. The van der Waals surface area contributed by atoms with Gasteiger partial charge in [0, 0.05) is 25.8 Å². The van der Waals surface area contributed by atoms with Crippen molar-refractivity contribution in [2.45, 2.75) is 297 Å². The van der Waals surface area contributed by atoms with Crippen LogP contribution in [0.25, 0.3) is 0 Å². The average Bonchev–Trinajstić information content (AvgIpc) is 3.32. The van der Waals surface area contributed by atoms with E-state index in [0.29, 0.717) is 19.3 Å². The first-order chi connectivity index (χ1) is 33.2. The summed E-state index contributed by atoms with van der Waals surface area (Å²) in [6.45, 7) is 5.64. The molecule has 1 N–H and O–H groups in total. The van der Waals surface area contributed by atoms with Crippen LogP contribution >= 0.6 is 7.82 Å². The molecule has 0 bridgehead atoms. The fourth-order valence-corrected chi connectivity index (χ4v) is 8.99. The molecule has 400 valence electrons. The van der Waals surface area contributed by atoms with E-state index in [1.54, 1.807) is 0 Å². The second-order valence-electron chi connectivity index (χ2n) is 19.4. The van der Waals surface area contributed by atoms with Gasteiger partial charge >= 0.3 is 11.9 Å². The van der Waals surface area contributed by atoms with Gasteiger partial charge in [-0.3, -0.25) is 18.9 Å². The van der Waals surface area contributed by atoms with Gasteiger partial charge in [0.2, 0.25) is 5.91 Å². The van der Waals surface area contributed by atoms with Crippen molar-refractivity contribution in [3.05, 3.63) is 24.3 Å². The van der Waals surface area contributed by atoms with Crippen molar-refractivity contribution in [1.29, 1.82) is 0 Å². The molecule has 0 aromatic carbocycles. The average molecular weight is 981 g/mol. The Bertz CT molecular complexity index is 1230. The minimum Gasteiger partial charge on any atom is -0.756 e. The zero-order valence-electron chi connectivity index (χ0n) is 44.5. The number of esters is 2. The van der Waals surface area contributed by atoms with Gasteiger partial charge in [-0.15, -0.1) is 0 Å². The molecule has 1 amide bonds. The second kappa shape index (κ2) is 52.8. The van der Waals surface area contributed by atoms with Crippen LogP contribution in [0.1, 0.15) is 290 Å². The Hall–Kier alpha value is -2.00. The van der Waals surface area contributed by atoms with Crippen LogP contribution in [-0.4, -0.2) is 50.3 Å². The molecule has 0 aliphatic heterocycles. The quantitative estimate of drug-likeness (QED) is 0.0273. The van der Waals surface area contributed by atoms with Crippen molar-refractivity contribution in [2.75, 3.05) is 26.4 Å². The third-order valence-corrected chi connectivity index (χ3v) is 13.6. The van der Waals surface area contributed by atoms with E-state index >= 15 is 0 Å². The Morgan fingerprint density at radius 1 is 0.441 bits per heavy atom. The molecule has 1 unspecified atom stereocenters. The van der Waals surface area contributed by atoms with E-state index in [1.165, 1.54) is 148 Å². The van der Waals surface area contributed by atoms with E-state index in [0.717, 1.165) is 89.9 Å². The number of carbonyl (C=O) groups excluding carboxylic acids is 3. The summed E-state index contributed by atoms with van der Waals surface area (Å²) < 4.78 is 33.7. The summed E-state index contributed by atoms with van der Waals surface area (Å²) in [6.07, 6.45) is 55.0. The molecule has 0 aliphatic rings. The van der Waals surface area contributed by atoms with E-state index < -0.39 is 32.5 Å². The molecule has 0 aromatic heterocycles. The van der Waals surface area contributed by atoms with Crippen molar-refractivity contribution >= 4 is 25.7 Å². The maximum Gasteiger partial charge on any atom is 0.306 e. The van der Waals surface area contributed by atoms with Crippen LogP contribution in [0, 0.1) is 0 Å². The molecule has 10 nitrogen and oxygen atoms in total. The molecular formula is C57H107NO9P-. The molecule has 2 atom stereocenters. The number of allylic oxidation sites excluding steroid dienone is 4. The molecular weight excluding hydrogens is 874 g/mol. The number of hydrogen-bond donors (Lipinski definition) is 1. The Kier molecular flexibility index (Phi) is 51.3. The first-order valence-corrected chi connectivity index (χ1v) is 30.2. The normalized spacial score (nSPS) is 13.1. The smallest absolute Gasteiger partial charge is 0.306 e. The maximum absolute atomic E-state index is 12.8. The fourth-order valence-electron chi connectivity index (χ4n) is 8.25. The molecule has 0 heterocycles. The minimum absolute atomic E-state index is 0.0230. The van der Waals surface area contributed by atoms with Gasteiger partial charge < -0.3 is 28.7 Å². The number of rotatable bonds is 54. The lowest BCUT2D eigenvalue weighted by atomic mass is 10.0. The van der Waals surface area contributed by atoms with Gasteiger partial charge in [-0.1, -0.05) is 225 Å². The highest BCUT2D eigenvalue weighted by Gasteiger charge is 2.21. The summed E-state index contributed by atoms with van der Waals surface area (Å²) in [5.41, 5.74) is 0. The number of hydrogen-bond acceptors (Lipinski definition) is 9. The number of phosphoric acid groups is 1. The van der Waals surface area contributed by atoms with Gasteiger partial charge in [-0.25, -0.2) is 0 Å². The van der Waals surface area contributed by atoms with Crippen molar-refractivity contribution in [3.8, 4) is 0 Å². The lowest BCUT2D eigenvalue weighted by molar-refractivity contribution is -0.228. The van der Waals surface area contributed by atoms with Crippen LogP contribution in [-0.2, 0) is 37.5 Å². The van der Waals surface area contributed by atoms with Crippen LogP contribution in [0.3, 0.4) is 0 Å². The number of nitrogens with one attached hydrogen (secondary N) is 1. The number of amides is 1. The summed E-state index contributed by atoms with van der Waals surface area (Å²) in [5.74, 6) is -1.05. The van der Waals surface area contributed by atoms with Gasteiger partial charge in [0.05, 0.1) is 13.2 Å². The van der Waals surface area contributed by atoms with Crippen molar-refractivity contribution in [3.63, 3.8) is 0 Å². The highest BCUT2D eigenvalue weighted by molar-refractivity contribution is 7.45. The van der Waals surface area contributed by atoms with E-state index in [4.69, 9.17) is 18.5 Å². The second-order valence-corrected chi connectivity index (χ2v) is 20.8. The monoisotopic (exact) mass is 981 g/mol. The lowest BCUT2D eigenvalue weighted by Gasteiger charge is -2.25. The summed E-state index contributed by atoms with van der Waals surface area (Å²) >= 11 is 0. The Labute approximate surface area is 419 Å². The predicted octanol–water partition coefficient (Wildman–Crippen LogP) is 16.6. The Morgan fingerprint density at radius 3 is 1.18 bits per heavy atom. The summed E-state index contributed by atoms with van der Waals surface area (Å²) in [6, 6.07) is 0. The van der Waals surface area contributed by atoms with Crippen LogP contribution < -0.4 is 10.2 Å². The molecule has 0 aromatic rings. The molecule has 0 radical (unpaired) electrons.